The van der Waals surface area contributed by atoms with Crippen molar-refractivity contribution >= 4 is 28.5 Å². The summed E-state index contributed by atoms with van der Waals surface area (Å²) in [6.07, 6.45) is 1.06. The topological polar surface area (TPSA) is 70.8 Å². The zero-order chi connectivity index (χ0) is 19.7. The van der Waals surface area contributed by atoms with Crippen molar-refractivity contribution in [2.24, 2.45) is 0 Å². The number of halogens is 1. The van der Waals surface area contributed by atoms with Gasteiger partial charge in [0.15, 0.2) is 0 Å². The Morgan fingerprint density at radius 2 is 1.86 bits per heavy atom. The van der Waals surface area contributed by atoms with E-state index in [0.717, 1.165) is 4.90 Å². The highest BCUT2D eigenvalue weighted by Crippen LogP contribution is 2.23. The summed E-state index contributed by atoms with van der Waals surface area (Å²) in [7, 11) is 0. The van der Waals surface area contributed by atoms with Crippen LogP contribution in [0, 0.1) is 5.82 Å². The van der Waals surface area contributed by atoms with Crippen molar-refractivity contribution in [3.63, 3.8) is 0 Å². The first-order valence-electron chi connectivity index (χ1n) is 8.91. The Hall–Kier alpha value is -3.48. The third-order valence-electron chi connectivity index (χ3n) is 4.74. The molecule has 1 saturated heterocycles. The molecule has 1 aliphatic rings. The zero-order valence-electron chi connectivity index (χ0n) is 14.9. The van der Waals surface area contributed by atoms with Gasteiger partial charge in [-0.3, -0.25) is 14.5 Å². The van der Waals surface area contributed by atoms with Crippen LogP contribution in [0.5, 0.6) is 0 Å². The van der Waals surface area contributed by atoms with Crippen molar-refractivity contribution in [2.45, 2.75) is 12.8 Å². The molecule has 0 spiro atoms. The van der Waals surface area contributed by atoms with Gasteiger partial charge in [0.1, 0.15) is 23.6 Å². The van der Waals surface area contributed by atoms with E-state index >= 15 is 0 Å². The summed E-state index contributed by atoms with van der Waals surface area (Å²) in [5, 5.41) is 0.580. The lowest BCUT2D eigenvalue weighted by molar-refractivity contribution is -0.127. The van der Waals surface area contributed by atoms with E-state index in [-0.39, 0.29) is 23.8 Å². The summed E-state index contributed by atoms with van der Waals surface area (Å²) < 4.78 is 19.7. The number of benzene rings is 2. The second-order valence-electron chi connectivity index (χ2n) is 6.57. The monoisotopic (exact) mass is 380 g/mol. The summed E-state index contributed by atoms with van der Waals surface area (Å²) in [4.78, 5) is 40.3. The Morgan fingerprint density at radius 3 is 2.61 bits per heavy atom. The predicted octanol–water partition coefficient (Wildman–Crippen LogP) is 3.16. The number of hydrogen-bond donors (Lipinski definition) is 0. The van der Waals surface area contributed by atoms with Crippen molar-refractivity contribution < 1.29 is 18.4 Å². The number of carbonyl (C=O) groups is 2. The predicted molar refractivity (Wildman–Crippen MR) is 102 cm³/mol. The molecule has 0 saturated carbocycles. The number of anilines is 1. The number of amides is 2. The number of hydrogen-bond acceptors (Lipinski definition) is 4. The molecule has 1 aliphatic heterocycles. The molecule has 3 aromatic rings. The van der Waals surface area contributed by atoms with E-state index in [9.17, 15) is 18.8 Å². The molecule has 6 nitrogen and oxygen atoms in total. The third kappa shape index (κ3) is 3.26. The first kappa shape index (κ1) is 17.9. The first-order valence-corrected chi connectivity index (χ1v) is 8.91. The maximum absolute atomic E-state index is 14.4. The second-order valence-corrected chi connectivity index (χ2v) is 6.57. The summed E-state index contributed by atoms with van der Waals surface area (Å²) >= 11 is 0. The van der Waals surface area contributed by atoms with Crippen LogP contribution in [0.25, 0.3) is 11.0 Å². The maximum atomic E-state index is 14.4. The second kappa shape index (κ2) is 7.26. The molecule has 0 radical (unpaired) electrons. The minimum absolute atomic E-state index is 0.000224. The van der Waals surface area contributed by atoms with Crippen molar-refractivity contribution in [2.75, 3.05) is 18.1 Å². The minimum atomic E-state index is -0.808. The molecular weight excluding hydrogens is 363 g/mol. The van der Waals surface area contributed by atoms with E-state index in [0.29, 0.717) is 30.4 Å². The molecule has 0 unspecified atom stereocenters. The Balaban J connectivity index is 1.78. The normalized spacial score (nSPS) is 13.9. The lowest BCUT2D eigenvalue weighted by Crippen LogP contribution is -2.44. The van der Waals surface area contributed by atoms with E-state index in [2.05, 4.69) is 0 Å². The highest BCUT2D eigenvalue weighted by molar-refractivity contribution is 6.07. The average Bonchev–Trinajstić information content (AvgIpc) is 3.10. The van der Waals surface area contributed by atoms with E-state index in [1.54, 1.807) is 30.3 Å². The fourth-order valence-electron chi connectivity index (χ4n) is 3.30. The van der Waals surface area contributed by atoms with Crippen LogP contribution in [0.2, 0.25) is 0 Å². The van der Waals surface area contributed by atoms with Crippen LogP contribution in [-0.2, 0) is 4.79 Å². The van der Waals surface area contributed by atoms with Crippen LogP contribution < -0.4 is 10.5 Å². The fraction of sp³-hybridized carbons (Fsp3) is 0.190. The van der Waals surface area contributed by atoms with Crippen molar-refractivity contribution in [3.05, 3.63) is 76.4 Å². The smallest absolute Gasteiger partial charge is 0.349 e. The quantitative estimate of drug-likeness (QED) is 0.652. The van der Waals surface area contributed by atoms with Gasteiger partial charge in [0, 0.05) is 18.4 Å². The van der Waals surface area contributed by atoms with Gasteiger partial charge in [0.2, 0.25) is 5.91 Å². The van der Waals surface area contributed by atoms with Crippen LogP contribution in [0.1, 0.15) is 23.2 Å². The summed E-state index contributed by atoms with van der Waals surface area (Å²) in [6.45, 7) is 0.342. The van der Waals surface area contributed by atoms with Gasteiger partial charge in [0.25, 0.3) is 5.91 Å². The molecule has 4 rings (SSSR count). The van der Waals surface area contributed by atoms with Crippen LogP contribution in [-0.4, -0.2) is 29.9 Å². The number of nitrogens with zero attached hydrogens (tertiary/aromatic N) is 2. The van der Waals surface area contributed by atoms with Gasteiger partial charge >= 0.3 is 5.63 Å². The molecule has 0 atom stereocenters. The molecular formula is C21H17FN2O4. The van der Waals surface area contributed by atoms with Gasteiger partial charge in [0.05, 0.1) is 5.69 Å². The van der Waals surface area contributed by atoms with Crippen LogP contribution in [0.4, 0.5) is 10.1 Å². The highest BCUT2D eigenvalue weighted by atomic mass is 19.1. The Morgan fingerprint density at radius 1 is 1.11 bits per heavy atom. The van der Waals surface area contributed by atoms with Gasteiger partial charge in [-0.15, -0.1) is 0 Å². The average molecular weight is 380 g/mol. The Kier molecular flexibility index (Phi) is 4.65. The molecule has 28 heavy (non-hydrogen) atoms. The molecule has 0 aliphatic carbocycles. The lowest BCUT2D eigenvalue weighted by atomic mass is 10.1. The Labute approximate surface area is 159 Å². The van der Waals surface area contributed by atoms with Gasteiger partial charge in [-0.25, -0.2) is 9.18 Å². The standard InChI is InChI=1S/C21H17FN2O4/c22-16-7-2-3-8-17(16)24(13-23-11-5-10-19(23)25)20(26)15-12-14-6-1-4-9-18(14)28-21(15)27/h1-4,6-9,12H,5,10-11,13H2. The van der Waals surface area contributed by atoms with Crippen LogP contribution in [0.3, 0.4) is 0 Å². The molecule has 2 heterocycles. The molecule has 2 aromatic carbocycles. The van der Waals surface area contributed by atoms with Gasteiger partial charge < -0.3 is 9.32 Å². The molecule has 0 bridgehead atoms. The zero-order valence-corrected chi connectivity index (χ0v) is 14.9. The van der Waals surface area contributed by atoms with Gasteiger partial charge in [-0.2, -0.15) is 0 Å². The van der Waals surface area contributed by atoms with E-state index in [4.69, 9.17) is 4.42 Å². The number of carbonyl (C=O) groups excluding carboxylic acids is 2. The largest absolute Gasteiger partial charge is 0.422 e. The van der Waals surface area contributed by atoms with Crippen LogP contribution in [0.15, 0.2) is 63.8 Å². The van der Waals surface area contributed by atoms with Crippen molar-refractivity contribution in [1.82, 2.24) is 4.90 Å². The number of rotatable bonds is 4. The van der Waals surface area contributed by atoms with E-state index < -0.39 is 17.3 Å². The number of para-hydroxylation sites is 2. The van der Waals surface area contributed by atoms with Gasteiger partial charge in [-0.1, -0.05) is 30.3 Å². The van der Waals surface area contributed by atoms with Crippen molar-refractivity contribution in [3.8, 4) is 0 Å². The minimum Gasteiger partial charge on any atom is -0.422 e. The fourth-order valence-corrected chi connectivity index (χ4v) is 3.30. The Bertz CT molecular complexity index is 1120. The van der Waals surface area contributed by atoms with E-state index in [1.165, 1.54) is 29.2 Å². The molecule has 0 N–H and O–H groups in total. The van der Waals surface area contributed by atoms with Gasteiger partial charge in [-0.05, 0) is 30.7 Å². The molecule has 2 amide bonds. The maximum Gasteiger partial charge on any atom is 0.349 e. The summed E-state index contributed by atoms with van der Waals surface area (Å²) in [5.74, 6) is -1.45. The number of likely N-dealkylation sites (tertiary alicyclic amines) is 1. The molecule has 1 aromatic heterocycles. The first-order chi connectivity index (χ1) is 13.5. The molecule has 1 fully saturated rings. The van der Waals surface area contributed by atoms with E-state index in [1.807, 2.05) is 0 Å². The molecule has 142 valence electrons. The highest BCUT2D eigenvalue weighted by Gasteiger charge is 2.29. The lowest BCUT2D eigenvalue weighted by Gasteiger charge is -2.28. The summed E-state index contributed by atoms with van der Waals surface area (Å²) in [6, 6.07) is 14.0. The van der Waals surface area contributed by atoms with Crippen LogP contribution >= 0.6 is 0 Å². The molecule has 7 heteroatoms. The SMILES string of the molecule is O=C1CCCN1CN(C(=O)c1cc2ccccc2oc1=O)c1ccccc1F. The third-order valence-corrected chi connectivity index (χ3v) is 4.74. The van der Waals surface area contributed by atoms with Crippen molar-refractivity contribution in [1.29, 1.82) is 0 Å². The number of fused-ring (bicyclic) bond motifs is 1. The summed E-state index contributed by atoms with van der Waals surface area (Å²) in [5.41, 5.74) is -0.664.